The second-order valence-electron chi connectivity index (χ2n) is 2.08. The van der Waals surface area contributed by atoms with Gasteiger partial charge in [0.05, 0.1) is 0 Å². The largest absolute Gasteiger partial charge is 0.320 e. The zero-order valence-corrected chi connectivity index (χ0v) is 7.99. The highest BCUT2D eigenvalue weighted by molar-refractivity contribution is 4.56. The summed E-state index contributed by atoms with van der Waals surface area (Å²) in [5, 5.41) is 6.25. The third-order valence-electron chi connectivity index (χ3n) is 1.32. The molecule has 0 aliphatic carbocycles. The van der Waals surface area contributed by atoms with Crippen LogP contribution in [-0.2, 0) is 0 Å². The average Bonchev–Trinajstić information content (AvgIpc) is 2.04. The topological polar surface area (TPSA) is 24.1 Å². The molecule has 0 fully saturated rings. The minimum atomic E-state index is 0.641. The lowest BCUT2D eigenvalue weighted by atomic mass is 10.2. The molecule has 0 bridgehead atoms. The fourth-order valence-corrected chi connectivity index (χ4v) is 0.505. The maximum atomic E-state index is 3.16. The van der Waals surface area contributed by atoms with Gasteiger partial charge in [0.2, 0.25) is 0 Å². The van der Waals surface area contributed by atoms with E-state index < -0.39 is 0 Å². The number of hydrogen-bond donors (Lipinski definition) is 2. The minimum Gasteiger partial charge on any atom is -0.320 e. The number of rotatable bonds is 4. The summed E-state index contributed by atoms with van der Waals surface area (Å²) in [7, 11) is 3.96. The summed E-state index contributed by atoms with van der Waals surface area (Å²) in [5.74, 6) is 0. The first-order valence-corrected chi connectivity index (χ1v) is 4.13. The van der Waals surface area contributed by atoms with Crippen molar-refractivity contribution in [1.29, 1.82) is 0 Å². The molecule has 2 N–H and O–H groups in total. The van der Waals surface area contributed by atoms with Gasteiger partial charge in [-0.1, -0.05) is 13.8 Å². The summed E-state index contributed by atoms with van der Waals surface area (Å²) in [4.78, 5) is 0. The van der Waals surface area contributed by atoms with Crippen molar-refractivity contribution < 1.29 is 0 Å². The van der Waals surface area contributed by atoms with E-state index in [0.717, 1.165) is 6.54 Å². The standard InChI is InChI=1S/C6H16N2.C2H6/c1-6(8-3)4-5-7-2;1-2/h6-8H,4-5H2,1-3H3;1-2H3. The van der Waals surface area contributed by atoms with Crippen molar-refractivity contribution in [3.05, 3.63) is 0 Å². The summed E-state index contributed by atoms with van der Waals surface area (Å²) in [6, 6.07) is 0.641. The first kappa shape index (κ1) is 12.6. The zero-order chi connectivity index (χ0) is 8.41. The van der Waals surface area contributed by atoms with Crippen molar-refractivity contribution in [2.45, 2.75) is 33.2 Å². The van der Waals surface area contributed by atoms with Crippen LogP contribution in [0.5, 0.6) is 0 Å². The van der Waals surface area contributed by atoms with Crippen LogP contribution < -0.4 is 10.6 Å². The first-order chi connectivity index (χ1) is 4.81. The van der Waals surface area contributed by atoms with Crippen molar-refractivity contribution in [1.82, 2.24) is 10.6 Å². The lowest BCUT2D eigenvalue weighted by molar-refractivity contribution is 0.548. The summed E-state index contributed by atoms with van der Waals surface area (Å²) < 4.78 is 0. The van der Waals surface area contributed by atoms with E-state index in [1.165, 1.54) is 6.42 Å². The van der Waals surface area contributed by atoms with Crippen LogP contribution in [0.2, 0.25) is 0 Å². The SMILES string of the molecule is CC.CNCCC(C)NC. The van der Waals surface area contributed by atoms with Gasteiger partial charge >= 0.3 is 0 Å². The van der Waals surface area contributed by atoms with Crippen molar-refractivity contribution in [3.63, 3.8) is 0 Å². The first-order valence-electron chi connectivity index (χ1n) is 4.13. The van der Waals surface area contributed by atoms with Gasteiger partial charge in [-0.25, -0.2) is 0 Å². The molecule has 0 aromatic carbocycles. The van der Waals surface area contributed by atoms with Crippen LogP contribution in [0.15, 0.2) is 0 Å². The van der Waals surface area contributed by atoms with E-state index in [9.17, 15) is 0 Å². The van der Waals surface area contributed by atoms with Crippen LogP contribution in [0.25, 0.3) is 0 Å². The summed E-state index contributed by atoms with van der Waals surface area (Å²) >= 11 is 0. The molecule has 1 unspecified atom stereocenters. The van der Waals surface area contributed by atoms with Gasteiger partial charge in [-0.3, -0.25) is 0 Å². The summed E-state index contributed by atoms with van der Waals surface area (Å²) in [6.07, 6.45) is 1.20. The molecule has 0 radical (unpaired) electrons. The summed E-state index contributed by atoms with van der Waals surface area (Å²) in [6.45, 7) is 7.28. The molecule has 0 saturated carbocycles. The highest BCUT2D eigenvalue weighted by atomic mass is 14.9. The normalized spacial score (nSPS) is 11.7. The molecule has 1 atom stereocenters. The van der Waals surface area contributed by atoms with Crippen LogP contribution in [0, 0.1) is 0 Å². The van der Waals surface area contributed by atoms with Gasteiger partial charge in [-0.05, 0) is 34.0 Å². The van der Waals surface area contributed by atoms with Gasteiger partial charge in [0.15, 0.2) is 0 Å². The second kappa shape index (κ2) is 11.7. The third kappa shape index (κ3) is 10.8. The van der Waals surface area contributed by atoms with Crippen LogP contribution in [0.1, 0.15) is 27.2 Å². The van der Waals surface area contributed by atoms with Gasteiger partial charge in [-0.15, -0.1) is 0 Å². The second-order valence-corrected chi connectivity index (χ2v) is 2.08. The molecule has 10 heavy (non-hydrogen) atoms. The molecule has 2 nitrogen and oxygen atoms in total. The lowest BCUT2D eigenvalue weighted by Gasteiger charge is -2.07. The Morgan fingerprint density at radius 3 is 2.00 bits per heavy atom. The van der Waals surface area contributed by atoms with Gasteiger partial charge < -0.3 is 10.6 Å². The van der Waals surface area contributed by atoms with Crippen molar-refractivity contribution in [2.75, 3.05) is 20.6 Å². The maximum Gasteiger partial charge on any atom is 0.00478 e. The molecule has 0 aromatic rings. The lowest BCUT2D eigenvalue weighted by Crippen LogP contribution is -2.25. The van der Waals surface area contributed by atoms with E-state index in [2.05, 4.69) is 17.6 Å². The van der Waals surface area contributed by atoms with Crippen LogP contribution in [0.4, 0.5) is 0 Å². The predicted octanol–water partition coefficient (Wildman–Crippen LogP) is 1.23. The molecule has 0 spiro atoms. The van der Waals surface area contributed by atoms with E-state index in [4.69, 9.17) is 0 Å². The molecule has 0 saturated heterocycles. The van der Waals surface area contributed by atoms with E-state index in [1.54, 1.807) is 0 Å². The van der Waals surface area contributed by atoms with E-state index in [1.807, 2.05) is 27.9 Å². The molecule has 0 rings (SSSR count). The van der Waals surface area contributed by atoms with Crippen molar-refractivity contribution in [3.8, 4) is 0 Å². The Morgan fingerprint density at radius 2 is 1.70 bits per heavy atom. The molecular weight excluding hydrogens is 124 g/mol. The monoisotopic (exact) mass is 146 g/mol. The van der Waals surface area contributed by atoms with Gasteiger partial charge in [0.25, 0.3) is 0 Å². The molecule has 0 aliphatic heterocycles. The summed E-state index contributed by atoms with van der Waals surface area (Å²) in [5.41, 5.74) is 0. The molecule has 0 aromatic heterocycles. The number of nitrogens with one attached hydrogen (secondary N) is 2. The fraction of sp³-hybridized carbons (Fsp3) is 1.00. The van der Waals surface area contributed by atoms with Crippen LogP contribution >= 0.6 is 0 Å². The molecule has 0 aliphatic rings. The molecular formula is C8H22N2. The quantitative estimate of drug-likeness (QED) is 0.623. The molecule has 0 amide bonds. The van der Waals surface area contributed by atoms with Crippen molar-refractivity contribution in [2.24, 2.45) is 0 Å². The Hall–Kier alpha value is -0.0800. The predicted molar refractivity (Wildman–Crippen MR) is 48.4 cm³/mol. The van der Waals surface area contributed by atoms with Gasteiger partial charge in [0, 0.05) is 6.04 Å². The zero-order valence-electron chi connectivity index (χ0n) is 7.99. The van der Waals surface area contributed by atoms with Crippen LogP contribution in [-0.4, -0.2) is 26.7 Å². The molecule has 2 heteroatoms. The Bertz CT molecular complexity index is 46.5. The van der Waals surface area contributed by atoms with Crippen molar-refractivity contribution >= 4 is 0 Å². The van der Waals surface area contributed by atoms with Gasteiger partial charge in [0.1, 0.15) is 0 Å². The smallest absolute Gasteiger partial charge is 0.00478 e. The highest BCUT2D eigenvalue weighted by Gasteiger charge is 1.93. The third-order valence-corrected chi connectivity index (χ3v) is 1.32. The molecule has 64 valence electrons. The fourth-order valence-electron chi connectivity index (χ4n) is 0.505. The number of hydrogen-bond acceptors (Lipinski definition) is 2. The van der Waals surface area contributed by atoms with Gasteiger partial charge in [-0.2, -0.15) is 0 Å². The highest BCUT2D eigenvalue weighted by Crippen LogP contribution is 1.84. The molecule has 0 heterocycles. The van der Waals surface area contributed by atoms with Crippen LogP contribution in [0.3, 0.4) is 0 Å². The Balaban J connectivity index is 0. The Morgan fingerprint density at radius 1 is 1.20 bits per heavy atom. The Labute approximate surface area is 65.4 Å². The average molecular weight is 146 g/mol. The van der Waals surface area contributed by atoms with E-state index >= 15 is 0 Å². The minimum absolute atomic E-state index is 0.641. The maximum absolute atomic E-state index is 3.16. The van der Waals surface area contributed by atoms with E-state index in [0.29, 0.717) is 6.04 Å². The Kier molecular flexibility index (Phi) is 14.7. The van der Waals surface area contributed by atoms with E-state index in [-0.39, 0.29) is 0 Å².